The molecule has 0 bridgehead atoms. The molecule has 1 aliphatic heterocycles. The Morgan fingerprint density at radius 2 is 1.91 bits per heavy atom. The highest BCUT2D eigenvalue weighted by atomic mass is 32.1. The van der Waals surface area contributed by atoms with Crippen LogP contribution in [0.2, 0.25) is 0 Å². The Kier molecular flexibility index (Phi) is 6.79. The van der Waals surface area contributed by atoms with Crippen molar-refractivity contribution >= 4 is 23.3 Å². The zero-order chi connectivity index (χ0) is 23.5. The summed E-state index contributed by atoms with van der Waals surface area (Å²) in [5.74, 6) is -0.205. The van der Waals surface area contributed by atoms with Gasteiger partial charge in [-0.05, 0) is 74.8 Å². The maximum absolute atomic E-state index is 11.7. The van der Waals surface area contributed by atoms with Crippen molar-refractivity contribution in [3.05, 3.63) is 82.9 Å². The Morgan fingerprint density at radius 3 is 2.61 bits per heavy atom. The molecule has 1 N–H and O–H groups in total. The largest absolute Gasteiger partial charge is 0.469 e. The van der Waals surface area contributed by atoms with Gasteiger partial charge in [0.2, 0.25) is 0 Å². The van der Waals surface area contributed by atoms with Crippen molar-refractivity contribution in [2.24, 2.45) is 0 Å². The van der Waals surface area contributed by atoms with Crippen molar-refractivity contribution in [1.82, 2.24) is 19.8 Å². The molecule has 0 unspecified atom stereocenters. The quantitative estimate of drug-likeness (QED) is 0.405. The molecule has 0 radical (unpaired) electrons. The van der Waals surface area contributed by atoms with E-state index in [4.69, 9.17) is 17.0 Å². The number of ether oxygens (including phenoxy) is 1. The highest BCUT2D eigenvalue weighted by molar-refractivity contribution is 7.80. The van der Waals surface area contributed by atoms with Crippen LogP contribution in [0.5, 0.6) is 0 Å². The molecule has 172 valence electrons. The van der Waals surface area contributed by atoms with E-state index in [1.807, 2.05) is 24.4 Å². The van der Waals surface area contributed by atoms with E-state index in [-0.39, 0.29) is 18.1 Å². The van der Waals surface area contributed by atoms with Gasteiger partial charge in [0.05, 0.1) is 24.9 Å². The predicted molar refractivity (Wildman–Crippen MR) is 133 cm³/mol. The third kappa shape index (κ3) is 4.50. The fourth-order valence-electron chi connectivity index (χ4n) is 4.75. The molecule has 3 heterocycles. The molecule has 0 aliphatic carbocycles. The average Bonchev–Trinajstić information content (AvgIpc) is 3.30. The molecule has 4 rings (SSSR count). The van der Waals surface area contributed by atoms with E-state index in [9.17, 15) is 4.79 Å². The van der Waals surface area contributed by atoms with Crippen LogP contribution >= 0.6 is 12.2 Å². The van der Waals surface area contributed by atoms with E-state index in [1.54, 1.807) is 0 Å². The summed E-state index contributed by atoms with van der Waals surface area (Å²) in [7, 11) is 1.42. The smallest absolute Gasteiger partial charge is 0.305 e. The fraction of sp³-hybridized carbons (Fsp3) is 0.346. The second-order valence-electron chi connectivity index (χ2n) is 8.45. The molecule has 6 nitrogen and oxygen atoms in total. The van der Waals surface area contributed by atoms with Crippen LogP contribution in [-0.4, -0.2) is 39.2 Å². The highest BCUT2D eigenvalue weighted by Gasteiger charge is 2.41. The summed E-state index contributed by atoms with van der Waals surface area (Å²) >= 11 is 5.76. The van der Waals surface area contributed by atoms with Gasteiger partial charge in [-0.2, -0.15) is 0 Å². The minimum Gasteiger partial charge on any atom is -0.469 e. The van der Waals surface area contributed by atoms with Crippen molar-refractivity contribution in [3.63, 3.8) is 0 Å². The van der Waals surface area contributed by atoms with Gasteiger partial charge in [-0.25, -0.2) is 0 Å². The molecule has 1 aliphatic rings. The minimum absolute atomic E-state index is 0.0333. The van der Waals surface area contributed by atoms with E-state index >= 15 is 0 Å². The third-order valence-corrected chi connectivity index (χ3v) is 6.70. The number of rotatable bonds is 7. The zero-order valence-corrected chi connectivity index (χ0v) is 20.4. The number of nitrogens with zero attached hydrogens (tertiary/aromatic N) is 3. The summed E-state index contributed by atoms with van der Waals surface area (Å²) in [6.07, 6.45) is 2.84. The summed E-state index contributed by atoms with van der Waals surface area (Å²) in [6, 6.07) is 16.5. The maximum Gasteiger partial charge on any atom is 0.305 e. The average molecular weight is 463 g/mol. The fourth-order valence-corrected chi connectivity index (χ4v) is 5.08. The number of carbonyl (C=O) groups excluding carboxylic acids is 1. The SMILES string of the molecule is COC(=O)CCCN1C(=S)N[C@H](c2ccccn2)[C@H]1c1cc(C)n(-c2ccccc2C)c1C. The number of aryl methyl sites for hydroxylation is 2. The summed E-state index contributed by atoms with van der Waals surface area (Å²) < 4.78 is 7.14. The van der Waals surface area contributed by atoms with Gasteiger partial charge in [0.1, 0.15) is 0 Å². The molecule has 0 amide bonds. The molecule has 7 heteroatoms. The number of hydrogen-bond donors (Lipinski definition) is 1. The Hall–Kier alpha value is -3.19. The molecule has 3 aromatic rings. The molecular formula is C26H30N4O2S. The number of esters is 1. The number of hydrogen-bond acceptors (Lipinski definition) is 4. The number of nitrogens with one attached hydrogen (secondary N) is 1. The van der Waals surface area contributed by atoms with Gasteiger partial charge in [0, 0.05) is 36.2 Å². The number of para-hydroxylation sites is 1. The van der Waals surface area contributed by atoms with Crippen LogP contribution in [0.4, 0.5) is 0 Å². The number of benzene rings is 1. The Bertz CT molecular complexity index is 1160. The molecular weight excluding hydrogens is 432 g/mol. The standard InChI is InChI=1S/C26H30N4O2S/c1-17-10-5-6-12-22(17)30-18(2)16-20(19(30)3)25-24(21-11-7-8-14-27-21)28-26(33)29(25)15-9-13-23(31)32-4/h5-8,10-12,14,16,24-25H,9,13,15H2,1-4H3,(H,28,33)/t24-,25-/m1/s1. The van der Waals surface area contributed by atoms with Crippen LogP contribution in [0.15, 0.2) is 54.7 Å². The summed E-state index contributed by atoms with van der Waals surface area (Å²) in [4.78, 5) is 18.5. The zero-order valence-electron chi connectivity index (χ0n) is 19.5. The molecule has 2 atom stereocenters. The lowest BCUT2D eigenvalue weighted by atomic mass is 9.96. The van der Waals surface area contributed by atoms with Crippen LogP contribution < -0.4 is 5.32 Å². The van der Waals surface area contributed by atoms with Gasteiger partial charge in [0.25, 0.3) is 0 Å². The van der Waals surface area contributed by atoms with E-state index in [2.05, 4.69) is 70.9 Å². The molecule has 2 aromatic heterocycles. The number of carbonyl (C=O) groups is 1. The molecule has 33 heavy (non-hydrogen) atoms. The van der Waals surface area contributed by atoms with E-state index in [1.165, 1.54) is 35.3 Å². The number of pyridine rings is 1. The first kappa shape index (κ1) is 23.0. The normalized spacial score (nSPS) is 17.8. The first-order valence-corrected chi connectivity index (χ1v) is 11.6. The van der Waals surface area contributed by atoms with Crippen molar-refractivity contribution in [3.8, 4) is 5.69 Å². The molecule has 1 saturated heterocycles. The second-order valence-corrected chi connectivity index (χ2v) is 8.83. The highest BCUT2D eigenvalue weighted by Crippen LogP contribution is 2.41. The lowest BCUT2D eigenvalue weighted by molar-refractivity contribution is -0.140. The van der Waals surface area contributed by atoms with Gasteiger partial charge in [0.15, 0.2) is 5.11 Å². The summed E-state index contributed by atoms with van der Waals surface area (Å²) in [6.45, 7) is 7.10. The lowest BCUT2D eigenvalue weighted by Crippen LogP contribution is -2.31. The minimum atomic E-state index is -0.205. The lowest BCUT2D eigenvalue weighted by Gasteiger charge is -2.28. The van der Waals surface area contributed by atoms with Crippen molar-refractivity contribution in [1.29, 1.82) is 0 Å². The van der Waals surface area contributed by atoms with Gasteiger partial charge in [-0.15, -0.1) is 0 Å². The number of aromatic nitrogens is 2. The second kappa shape index (κ2) is 9.75. The van der Waals surface area contributed by atoms with E-state index < -0.39 is 0 Å². The Balaban J connectivity index is 1.76. The van der Waals surface area contributed by atoms with Gasteiger partial charge >= 0.3 is 5.97 Å². The molecule has 1 aromatic carbocycles. The predicted octanol–water partition coefficient (Wildman–Crippen LogP) is 4.72. The van der Waals surface area contributed by atoms with Crippen molar-refractivity contribution in [2.75, 3.05) is 13.7 Å². The van der Waals surface area contributed by atoms with Crippen LogP contribution in [-0.2, 0) is 9.53 Å². The summed E-state index contributed by atoms with van der Waals surface area (Å²) in [5.41, 5.74) is 6.90. The van der Waals surface area contributed by atoms with Gasteiger partial charge in [-0.1, -0.05) is 24.3 Å². The topological polar surface area (TPSA) is 59.4 Å². The van der Waals surface area contributed by atoms with Crippen molar-refractivity contribution < 1.29 is 9.53 Å². The number of methoxy groups -OCH3 is 1. The van der Waals surface area contributed by atoms with Crippen LogP contribution in [0, 0.1) is 20.8 Å². The molecule has 0 saturated carbocycles. The Morgan fingerprint density at radius 1 is 1.15 bits per heavy atom. The van der Waals surface area contributed by atoms with Gasteiger partial charge in [-0.3, -0.25) is 9.78 Å². The van der Waals surface area contributed by atoms with Crippen molar-refractivity contribution in [2.45, 2.75) is 45.7 Å². The van der Waals surface area contributed by atoms with Crippen LogP contribution in [0.25, 0.3) is 5.69 Å². The Labute approximate surface area is 200 Å². The molecule has 0 spiro atoms. The first-order valence-electron chi connectivity index (χ1n) is 11.2. The van der Waals surface area contributed by atoms with Crippen LogP contribution in [0.3, 0.4) is 0 Å². The van der Waals surface area contributed by atoms with Gasteiger partial charge < -0.3 is 19.5 Å². The van der Waals surface area contributed by atoms with Crippen LogP contribution in [0.1, 0.15) is 53.1 Å². The maximum atomic E-state index is 11.7. The summed E-state index contributed by atoms with van der Waals surface area (Å²) in [5, 5.41) is 4.18. The monoisotopic (exact) mass is 462 g/mol. The van der Waals surface area contributed by atoms with E-state index in [0.29, 0.717) is 24.5 Å². The first-order chi connectivity index (χ1) is 15.9. The third-order valence-electron chi connectivity index (χ3n) is 6.35. The molecule has 1 fully saturated rings. The van der Waals surface area contributed by atoms with E-state index in [0.717, 1.165) is 5.69 Å². The number of thiocarbonyl (C=S) groups is 1.